The number of halogens is 1. The van der Waals surface area contributed by atoms with Crippen molar-refractivity contribution >= 4 is 32.3 Å². The molecule has 2 nitrogen and oxygen atoms in total. The highest BCUT2D eigenvalue weighted by Gasteiger charge is 2.41. The molecule has 0 saturated heterocycles. The Bertz CT molecular complexity index is 296. The number of nitrogens with one attached hydrogen (secondary N) is 1. The number of hydrogen-bond donors (Lipinski definition) is 2. The van der Waals surface area contributed by atoms with Gasteiger partial charge < -0.3 is 10.4 Å². The van der Waals surface area contributed by atoms with Crippen LogP contribution < -0.4 is 5.32 Å². The average Bonchev–Trinajstić information content (AvgIpc) is 2.81. The summed E-state index contributed by atoms with van der Waals surface area (Å²) < 4.78 is 1.14. The Kier molecular flexibility index (Phi) is 2.62. The van der Waals surface area contributed by atoms with Crippen LogP contribution in [0.15, 0.2) is 15.9 Å². The number of aliphatic hydroxyl groups excluding tert-OH is 1. The van der Waals surface area contributed by atoms with Crippen molar-refractivity contribution in [1.29, 1.82) is 0 Å². The first-order valence-corrected chi connectivity index (χ1v) is 5.95. The van der Waals surface area contributed by atoms with E-state index in [-0.39, 0.29) is 5.41 Å². The molecule has 0 spiro atoms. The molecule has 72 valence electrons. The number of hydrogen-bond acceptors (Lipinski definition) is 3. The lowest BCUT2D eigenvalue weighted by Crippen LogP contribution is -2.18. The van der Waals surface area contributed by atoms with Gasteiger partial charge in [0.05, 0.1) is 15.4 Å². The second-order valence-corrected chi connectivity index (χ2v) is 6.08. The van der Waals surface area contributed by atoms with E-state index in [4.69, 9.17) is 5.11 Å². The summed E-state index contributed by atoms with van der Waals surface area (Å²) in [5, 5.41) is 13.6. The Hall–Kier alpha value is -0.0600. The van der Waals surface area contributed by atoms with E-state index in [1.165, 1.54) is 5.00 Å². The lowest BCUT2D eigenvalue weighted by Gasteiger charge is -2.11. The van der Waals surface area contributed by atoms with Gasteiger partial charge in [-0.3, -0.25) is 0 Å². The van der Waals surface area contributed by atoms with E-state index in [9.17, 15) is 0 Å². The summed E-state index contributed by atoms with van der Waals surface area (Å²) in [4.78, 5) is 0. The van der Waals surface area contributed by atoms with E-state index in [1.54, 1.807) is 11.3 Å². The van der Waals surface area contributed by atoms with Crippen molar-refractivity contribution in [3.05, 3.63) is 15.9 Å². The van der Waals surface area contributed by atoms with E-state index in [1.807, 2.05) is 6.07 Å². The molecular weight excluding hydrogens is 250 g/mol. The average molecular weight is 262 g/mol. The van der Waals surface area contributed by atoms with Gasteiger partial charge in [-0.25, -0.2) is 0 Å². The van der Waals surface area contributed by atoms with E-state index in [0.717, 1.165) is 23.2 Å². The molecule has 0 aromatic carbocycles. The van der Waals surface area contributed by atoms with Gasteiger partial charge in [-0.2, -0.15) is 0 Å². The lowest BCUT2D eigenvalue weighted by atomic mass is 10.1. The second kappa shape index (κ2) is 3.59. The van der Waals surface area contributed by atoms with E-state index >= 15 is 0 Å². The molecule has 1 aliphatic rings. The molecule has 1 fully saturated rings. The number of rotatable bonds is 4. The van der Waals surface area contributed by atoms with Crippen molar-refractivity contribution in [2.45, 2.75) is 12.8 Å². The molecule has 13 heavy (non-hydrogen) atoms. The zero-order valence-corrected chi connectivity index (χ0v) is 9.62. The largest absolute Gasteiger partial charge is 0.396 e. The standard InChI is InChI=1S/C9H12BrNOS/c10-7-1-2-8(13-7)11-5-9(6-12)3-4-9/h1-2,11-12H,3-6H2. The van der Waals surface area contributed by atoms with Gasteiger partial charge in [-0.15, -0.1) is 11.3 Å². The molecule has 0 unspecified atom stereocenters. The maximum atomic E-state index is 9.09. The highest BCUT2D eigenvalue weighted by molar-refractivity contribution is 9.11. The molecule has 0 aliphatic heterocycles. The van der Waals surface area contributed by atoms with Crippen LogP contribution >= 0.6 is 27.3 Å². The van der Waals surface area contributed by atoms with Crippen molar-refractivity contribution in [2.24, 2.45) is 5.41 Å². The molecule has 1 aliphatic carbocycles. The highest BCUT2D eigenvalue weighted by Crippen LogP contribution is 2.45. The minimum Gasteiger partial charge on any atom is -0.396 e. The van der Waals surface area contributed by atoms with Gasteiger partial charge >= 0.3 is 0 Å². The minimum absolute atomic E-state index is 0.191. The predicted molar refractivity (Wildman–Crippen MR) is 59.3 cm³/mol. The van der Waals surface area contributed by atoms with Gasteiger partial charge in [0, 0.05) is 12.0 Å². The maximum absolute atomic E-state index is 9.09. The first-order valence-electron chi connectivity index (χ1n) is 4.34. The summed E-state index contributed by atoms with van der Waals surface area (Å²) in [7, 11) is 0. The molecule has 1 heterocycles. The third kappa shape index (κ3) is 2.24. The zero-order valence-electron chi connectivity index (χ0n) is 7.22. The number of thiophene rings is 1. The Labute approximate surface area is 90.1 Å². The highest BCUT2D eigenvalue weighted by atomic mass is 79.9. The smallest absolute Gasteiger partial charge is 0.0894 e. The summed E-state index contributed by atoms with van der Waals surface area (Å²) >= 11 is 5.11. The summed E-state index contributed by atoms with van der Waals surface area (Å²) in [6.07, 6.45) is 2.31. The van der Waals surface area contributed by atoms with E-state index < -0.39 is 0 Å². The predicted octanol–water partition coefficient (Wildman–Crippen LogP) is 2.70. The molecule has 0 amide bonds. The van der Waals surface area contributed by atoms with Crippen LogP contribution in [0.1, 0.15) is 12.8 Å². The maximum Gasteiger partial charge on any atom is 0.0894 e. The van der Waals surface area contributed by atoms with Crippen LogP contribution in [0.2, 0.25) is 0 Å². The Balaban J connectivity index is 1.86. The van der Waals surface area contributed by atoms with E-state index in [2.05, 4.69) is 27.3 Å². The van der Waals surface area contributed by atoms with Gasteiger partial charge in [0.25, 0.3) is 0 Å². The lowest BCUT2D eigenvalue weighted by molar-refractivity contribution is 0.220. The van der Waals surface area contributed by atoms with Crippen LogP contribution in [-0.4, -0.2) is 18.3 Å². The fourth-order valence-electron chi connectivity index (χ4n) is 1.25. The van der Waals surface area contributed by atoms with Crippen molar-refractivity contribution in [3.63, 3.8) is 0 Å². The number of anilines is 1. The van der Waals surface area contributed by atoms with Gasteiger partial charge in [0.1, 0.15) is 0 Å². The third-order valence-electron chi connectivity index (χ3n) is 2.50. The molecular formula is C9H12BrNOS. The monoisotopic (exact) mass is 261 g/mol. The SMILES string of the molecule is OCC1(CNc2ccc(Br)s2)CC1. The van der Waals surface area contributed by atoms with Crippen LogP contribution in [0.5, 0.6) is 0 Å². The summed E-state index contributed by atoms with van der Waals surface area (Å²) in [6, 6.07) is 4.09. The zero-order chi connectivity index (χ0) is 9.31. The van der Waals surface area contributed by atoms with Crippen molar-refractivity contribution in [2.75, 3.05) is 18.5 Å². The molecule has 0 radical (unpaired) electrons. The van der Waals surface area contributed by atoms with Crippen LogP contribution in [0.25, 0.3) is 0 Å². The van der Waals surface area contributed by atoms with Gasteiger partial charge in [0.15, 0.2) is 0 Å². The Morgan fingerprint density at radius 1 is 1.54 bits per heavy atom. The van der Waals surface area contributed by atoms with Crippen molar-refractivity contribution < 1.29 is 5.11 Å². The summed E-state index contributed by atoms with van der Waals surface area (Å²) in [5.74, 6) is 0. The molecule has 2 N–H and O–H groups in total. The number of aliphatic hydroxyl groups is 1. The Morgan fingerprint density at radius 3 is 2.77 bits per heavy atom. The molecule has 1 aromatic heterocycles. The third-order valence-corrected chi connectivity index (χ3v) is 4.08. The normalized spacial score (nSPS) is 18.6. The van der Waals surface area contributed by atoms with Gasteiger partial charge in [-0.05, 0) is 40.9 Å². The second-order valence-electron chi connectivity index (χ2n) is 3.62. The molecule has 0 bridgehead atoms. The summed E-state index contributed by atoms with van der Waals surface area (Å²) in [5.41, 5.74) is 0.191. The van der Waals surface area contributed by atoms with Gasteiger partial charge in [-0.1, -0.05) is 0 Å². The van der Waals surface area contributed by atoms with E-state index in [0.29, 0.717) is 6.61 Å². The van der Waals surface area contributed by atoms with Crippen LogP contribution in [0.3, 0.4) is 0 Å². The topological polar surface area (TPSA) is 32.3 Å². The molecule has 0 atom stereocenters. The molecule has 1 aromatic rings. The van der Waals surface area contributed by atoms with Crippen molar-refractivity contribution in [1.82, 2.24) is 0 Å². The van der Waals surface area contributed by atoms with Gasteiger partial charge in [0.2, 0.25) is 0 Å². The molecule has 1 saturated carbocycles. The fourth-order valence-corrected chi connectivity index (χ4v) is 2.53. The Morgan fingerprint density at radius 2 is 2.31 bits per heavy atom. The van der Waals surface area contributed by atoms with Crippen LogP contribution in [0.4, 0.5) is 5.00 Å². The first kappa shape index (κ1) is 9.49. The van der Waals surface area contributed by atoms with Crippen LogP contribution in [0, 0.1) is 5.41 Å². The van der Waals surface area contributed by atoms with Crippen molar-refractivity contribution in [3.8, 4) is 0 Å². The fraction of sp³-hybridized carbons (Fsp3) is 0.556. The van der Waals surface area contributed by atoms with Crippen LogP contribution in [-0.2, 0) is 0 Å². The minimum atomic E-state index is 0.191. The molecule has 4 heteroatoms. The molecule has 2 rings (SSSR count). The quantitative estimate of drug-likeness (QED) is 0.874. The summed E-state index contributed by atoms with van der Waals surface area (Å²) in [6.45, 7) is 1.21. The first-order chi connectivity index (χ1) is 6.24.